The molecule has 8 nitrogen and oxygen atoms in total. The molecule has 1 aromatic heterocycles. The maximum atomic E-state index is 12.4. The number of likely N-dealkylation sites (tertiary alicyclic amines) is 1. The smallest absolute Gasteiger partial charge is 0.244 e. The molecule has 132 valence electrons. The Bertz CT molecular complexity index is 627. The fourth-order valence-electron chi connectivity index (χ4n) is 3.15. The highest BCUT2D eigenvalue weighted by Gasteiger charge is 2.31. The number of nitrogens with zero attached hydrogens (tertiary/aromatic N) is 4. The number of ether oxygens (including phenoxy) is 1. The van der Waals surface area contributed by atoms with E-state index in [1.165, 1.54) is 0 Å². The van der Waals surface area contributed by atoms with Crippen LogP contribution in [0.2, 0.25) is 0 Å². The van der Waals surface area contributed by atoms with Crippen LogP contribution in [0.4, 0.5) is 5.69 Å². The molecule has 1 atom stereocenters. The van der Waals surface area contributed by atoms with E-state index < -0.39 is 0 Å². The molecule has 3 rings (SSSR count). The van der Waals surface area contributed by atoms with Crippen LogP contribution in [0.3, 0.4) is 0 Å². The lowest BCUT2D eigenvalue weighted by atomic mass is 10.1. The van der Waals surface area contributed by atoms with Crippen molar-refractivity contribution in [3.63, 3.8) is 0 Å². The quantitative estimate of drug-likeness (QED) is 0.848. The van der Waals surface area contributed by atoms with Crippen LogP contribution in [0.15, 0.2) is 12.4 Å². The van der Waals surface area contributed by atoms with Gasteiger partial charge in [0.05, 0.1) is 24.1 Å². The molecule has 1 aromatic rings. The van der Waals surface area contributed by atoms with Gasteiger partial charge in [-0.05, 0) is 20.3 Å². The highest BCUT2D eigenvalue weighted by molar-refractivity contribution is 5.86. The minimum atomic E-state index is -0.306. The van der Waals surface area contributed by atoms with Crippen LogP contribution in [-0.2, 0) is 20.9 Å². The first kappa shape index (κ1) is 16.8. The van der Waals surface area contributed by atoms with Crippen molar-refractivity contribution < 1.29 is 14.3 Å². The third-order valence-electron chi connectivity index (χ3n) is 4.48. The third kappa shape index (κ3) is 3.69. The van der Waals surface area contributed by atoms with E-state index in [1.807, 2.05) is 18.7 Å². The van der Waals surface area contributed by atoms with Gasteiger partial charge in [-0.25, -0.2) is 0 Å². The summed E-state index contributed by atoms with van der Waals surface area (Å²) in [5, 5.41) is 7.41. The molecule has 8 heteroatoms. The van der Waals surface area contributed by atoms with Gasteiger partial charge in [0.15, 0.2) is 0 Å². The molecule has 2 aliphatic rings. The Morgan fingerprint density at radius 2 is 2.25 bits per heavy atom. The summed E-state index contributed by atoms with van der Waals surface area (Å²) in [4.78, 5) is 27.9. The second kappa shape index (κ2) is 6.43. The van der Waals surface area contributed by atoms with Crippen LogP contribution >= 0.6 is 0 Å². The number of hydrogen-bond donors (Lipinski definition) is 1. The highest BCUT2D eigenvalue weighted by Crippen LogP contribution is 2.18. The van der Waals surface area contributed by atoms with Crippen molar-refractivity contribution in [3.05, 3.63) is 12.4 Å². The normalized spacial score (nSPS) is 23.6. The number of hydrogen-bond acceptors (Lipinski definition) is 5. The first-order valence-electron chi connectivity index (χ1n) is 8.30. The average Bonchev–Trinajstić information content (AvgIpc) is 3.08. The number of aromatic nitrogens is 2. The van der Waals surface area contributed by atoms with E-state index in [4.69, 9.17) is 4.74 Å². The number of carbonyl (C=O) groups excluding carboxylic acids is 2. The van der Waals surface area contributed by atoms with Crippen LogP contribution < -0.4 is 5.32 Å². The van der Waals surface area contributed by atoms with E-state index in [0.717, 1.165) is 18.7 Å². The molecule has 24 heavy (non-hydrogen) atoms. The lowest BCUT2D eigenvalue weighted by Crippen LogP contribution is -2.51. The Morgan fingerprint density at radius 1 is 1.46 bits per heavy atom. The number of anilines is 1. The Labute approximate surface area is 141 Å². The van der Waals surface area contributed by atoms with E-state index >= 15 is 0 Å². The minimum Gasteiger partial charge on any atom is -0.372 e. The summed E-state index contributed by atoms with van der Waals surface area (Å²) >= 11 is 0. The van der Waals surface area contributed by atoms with Crippen LogP contribution in [0.25, 0.3) is 0 Å². The number of likely N-dealkylation sites (N-methyl/N-ethyl adjacent to an activating group) is 1. The summed E-state index contributed by atoms with van der Waals surface area (Å²) in [6, 6.07) is -0.205. The van der Waals surface area contributed by atoms with Crippen molar-refractivity contribution in [1.29, 1.82) is 0 Å². The standard InChI is InChI=1S/C16H25N5O3/c1-16(2)11-20(6-7-24-16)14(22)10-21-9-12(8-17-21)18-13-4-5-19(3)15(13)23/h8-9,13,18H,4-7,10-11H2,1-3H3. The topological polar surface area (TPSA) is 79.7 Å². The van der Waals surface area contributed by atoms with E-state index in [-0.39, 0.29) is 30.0 Å². The van der Waals surface area contributed by atoms with Crippen LogP contribution in [-0.4, -0.2) is 76.3 Å². The van der Waals surface area contributed by atoms with Gasteiger partial charge in [-0.15, -0.1) is 0 Å². The summed E-state index contributed by atoms with van der Waals surface area (Å²) < 4.78 is 7.24. The monoisotopic (exact) mass is 335 g/mol. The van der Waals surface area contributed by atoms with E-state index in [9.17, 15) is 9.59 Å². The first-order chi connectivity index (χ1) is 11.3. The zero-order valence-electron chi connectivity index (χ0n) is 14.5. The molecular formula is C16H25N5O3. The van der Waals surface area contributed by atoms with Crippen molar-refractivity contribution in [2.45, 2.75) is 38.5 Å². The van der Waals surface area contributed by atoms with Gasteiger partial charge in [0, 0.05) is 32.9 Å². The predicted octanol–water partition coefficient (Wildman–Crippen LogP) is 0.163. The predicted molar refractivity (Wildman–Crippen MR) is 88.5 cm³/mol. The van der Waals surface area contributed by atoms with E-state index in [1.54, 1.807) is 29.0 Å². The van der Waals surface area contributed by atoms with Crippen molar-refractivity contribution >= 4 is 17.5 Å². The largest absolute Gasteiger partial charge is 0.372 e. The van der Waals surface area contributed by atoms with Gasteiger partial charge in [0.1, 0.15) is 12.6 Å². The molecule has 0 saturated carbocycles. The number of amides is 2. The summed E-state index contributed by atoms with van der Waals surface area (Å²) in [5.74, 6) is 0.118. The Hall–Kier alpha value is -2.09. The van der Waals surface area contributed by atoms with Gasteiger partial charge in [0.25, 0.3) is 0 Å². The van der Waals surface area contributed by atoms with Gasteiger partial charge in [0.2, 0.25) is 11.8 Å². The van der Waals surface area contributed by atoms with Crippen LogP contribution in [0, 0.1) is 0 Å². The molecule has 0 spiro atoms. The molecule has 1 N–H and O–H groups in total. The molecule has 2 fully saturated rings. The zero-order chi connectivity index (χ0) is 17.3. The van der Waals surface area contributed by atoms with Crippen molar-refractivity contribution in [2.24, 2.45) is 0 Å². The van der Waals surface area contributed by atoms with Gasteiger partial charge >= 0.3 is 0 Å². The second-order valence-electron chi connectivity index (χ2n) is 7.10. The lowest BCUT2D eigenvalue weighted by molar-refractivity contribution is -0.146. The molecule has 2 saturated heterocycles. The van der Waals surface area contributed by atoms with Gasteiger partial charge in [-0.2, -0.15) is 5.10 Å². The minimum absolute atomic E-state index is 0.0256. The Kier molecular flexibility index (Phi) is 4.49. The lowest BCUT2D eigenvalue weighted by Gasteiger charge is -2.38. The van der Waals surface area contributed by atoms with Crippen LogP contribution in [0.5, 0.6) is 0 Å². The second-order valence-corrected chi connectivity index (χ2v) is 7.10. The maximum absolute atomic E-state index is 12.4. The number of carbonyl (C=O) groups is 2. The van der Waals surface area contributed by atoms with E-state index in [0.29, 0.717) is 19.7 Å². The summed E-state index contributed by atoms with van der Waals surface area (Å²) in [6.07, 6.45) is 4.21. The van der Waals surface area contributed by atoms with E-state index in [2.05, 4.69) is 10.4 Å². The molecule has 0 aliphatic carbocycles. The first-order valence-corrected chi connectivity index (χ1v) is 8.30. The number of morpholine rings is 1. The molecule has 1 unspecified atom stereocenters. The maximum Gasteiger partial charge on any atom is 0.244 e. The average molecular weight is 335 g/mol. The fourth-order valence-corrected chi connectivity index (χ4v) is 3.15. The summed E-state index contributed by atoms with van der Waals surface area (Å²) in [7, 11) is 1.80. The molecule has 2 amide bonds. The van der Waals surface area contributed by atoms with Gasteiger partial charge in [-0.3, -0.25) is 14.3 Å². The summed E-state index contributed by atoms with van der Waals surface area (Å²) in [6.45, 7) is 6.67. The molecule has 3 heterocycles. The fraction of sp³-hybridized carbons (Fsp3) is 0.688. The van der Waals surface area contributed by atoms with Crippen molar-refractivity contribution in [3.8, 4) is 0 Å². The third-order valence-corrected chi connectivity index (χ3v) is 4.48. The molecule has 0 bridgehead atoms. The SMILES string of the molecule is CN1CCC(Nc2cnn(CC(=O)N3CCOC(C)(C)C3)c2)C1=O. The molecule has 2 aliphatic heterocycles. The molecule has 0 radical (unpaired) electrons. The molecular weight excluding hydrogens is 310 g/mol. The van der Waals surface area contributed by atoms with Crippen molar-refractivity contribution in [1.82, 2.24) is 19.6 Å². The highest BCUT2D eigenvalue weighted by atomic mass is 16.5. The summed E-state index contributed by atoms with van der Waals surface area (Å²) in [5.41, 5.74) is 0.457. The van der Waals surface area contributed by atoms with Gasteiger partial charge in [-0.1, -0.05) is 0 Å². The number of rotatable bonds is 4. The zero-order valence-corrected chi connectivity index (χ0v) is 14.5. The Morgan fingerprint density at radius 3 is 2.92 bits per heavy atom. The van der Waals surface area contributed by atoms with Crippen molar-refractivity contribution in [2.75, 3.05) is 38.6 Å². The Balaban J connectivity index is 1.56. The van der Waals surface area contributed by atoms with Crippen LogP contribution in [0.1, 0.15) is 20.3 Å². The van der Waals surface area contributed by atoms with Gasteiger partial charge < -0.3 is 19.9 Å². The molecule has 0 aromatic carbocycles. The number of nitrogens with one attached hydrogen (secondary N) is 1.